The summed E-state index contributed by atoms with van der Waals surface area (Å²) in [5.41, 5.74) is 2.52. The Morgan fingerprint density at radius 2 is 2.33 bits per heavy atom. The first kappa shape index (κ1) is 13.9. The number of nitrogens with one attached hydrogen (secondary N) is 1. The number of hydrogen-bond donors (Lipinski definition) is 1. The average molecular weight is 331 g/mol. The highest BCUT2D eigenvalue weighted by atomic mass is 79.9. The minimum atomic E-state index is 0.212. The van der Waals surface area contributed by atoms with E-state index in [9.17, 15) is 0 Å². The van der Waals surface area contributed by atoms with Gasteiger partial charge in [0.2, 0.25) is 0 Å². The summed E-state index contributed by atoms with van der Waals surface area (Å²) in [7, 11) is 0. The first-order chi connectivity index (χ1) is 8.72. The molecule has 1 atom stereocenters. The number of hydrogen-bond acceptors (Lipinski definition) is 2. The van der Waals surface area contributed by atoms with Crippen LogP contribution in [-0.4, -0.2) is 13.2 Å². The van der Waals surface area contributed by atoms with E-state index in [4.69, 9.17) is 16.3 Å². The number of halogens is 2. The van der Waals surface area contributed by atoms with Crippen molar-refractivity contribution >= 4 is 27.5 Å². The fraction of sp³-hybridized carbons (Fsp3) is 0.429. The van der Waals surface area contributed by atoms with Gasteiger partial charge in [0.05, 0.1) is 23.9 Å². The van der Waals surface area contributed by atoms with E-state index in [0.717, 1.165) is 35.5 Å². The van der Waals surface area contributed by atoms with E-state index in [2.05, 4.69) is 40.3 Å². The van der Waals surface area contributed by atoms with Gasteiger partial charge in [-0.3, -0.25) is 0 Å². The molecule has 0 saturated carbocycles. The van der Waals surface area contributed by atoms with Crippen LogP contribution in [0.15, 0.2) is 34.5 Å². The van der Waals surface area contributed by atoms with E-state index in [1.807, 2.05) is 12.3 Å². The number of rotatable bonds is 4. The molecule has 98 valence electrons. The highest BCUT2D eigenvalue weighted by molar-refractivity contribution is 9.10. The number of likely N-dealkylation sites (N-methyl/N-ethyl adjacent to an activating group) is 1. The predicted octanol–water partition coefficient (Wildman–Crippen LogP) is 4.45. The van der Waals surface area contributed by atoms with E-state index in [1.54, 1.807) is 0 Å². The fourth-order valence-electron chi connectivity index (χ4n) is 2.16. The highest BCUT2D eigenvalue weighted by Crippen LogP contribution is 2.31. The second kappa shape index (κ2) is 6.60. The second-order valence-electron chi connectivity index (χ2n) is 4.33. The second-order valence-corrected chi connectivity index (χ2v) is 5.59. The molecule has 0 radical (unpaired) electrons. The number of benzene rings is 1. The first-order valence-electron chi connectivity index (χ1n) is 6.21. The first-order valence-corrected chi connectivity index (χ1v) is 7.38. The summed E-state index contributed by atoms with van der Waals surface area (Å²) in [6.45, 7) is 3.86. The zero-order valence-corrected chi connectivity index (χ0v) is 12.7. The maximum absolute atomic E-state index is 6.04. The van der Waals surface area contributed by atoms with E-state index in [1.165, 1.54) is 11.1 Å². The van der Waals surface area contributed by atoms with Crippen molar-refractivity contribution in [1.29, 1.82) is 0 Å². The monoisotopic (exact) mass is 329 g/mol. The summed E-state index contributed by atoms with van der Waals surface area (Å²) in [4.78, 5) is 0. The molecule has 1 N–H and O–H groups in total. The van der Waals surface area contributed by atoms with Gasteiger partial charge in [0.25, 0.3) is 0 Å². The van der Waals surface area contributed by atoms with Gasteiger partial charge in [0.15, 0.2) is 0 Å². The van der Waals surface area contributed by atoms with E-state index in [0.29, 0.717) is 0 Å². The molecule has 1 unspecified atom stereocenters. The molecule has 0 fully saturated rings. The largest absolute Gasteiger partial charge is 0.501 e. The summed E-state index contributed by atoms with van der Waals surface area (Å²) >= 11 is 9.52. The summed E-state index contributed by atoms with van der Waals surface area (Å²) < 4.78 is 6.38. The Morgan fingerprint density at radius 1 is 1.50 bits per heavy atom. The van der Waals surface area contributed by atoms with E-state index in [-0.39, 0.29) is 6.04 Å². The Labute approximate surface area is 121 Å². The van der Waals surface area contributed by atoms with Crippen LogP contribution in [0, 0.1) is 0 Å². The van der Waals surface area contributed by atoms with Crippen molar-refractivity contribution in [3.05, 3.63) is 45.1 Å². The number of ether oxygens (including phenoxy) is 1. The molecular formula is C14H17BrClNO. The van der Waals surface area contributed by atoms with Gasteiger partial charge in [-0.05, 0) is 58.6 Å². The third-order valence-electron chi connectivity index (χ3n) is 3.02. The van der Waals surface area contributed by atoms with Crippen LogP contribution in [0.2, 0.25) is 5.02 Å². The fourth-order valence-corrected chi connectivity index (χ4v) is 2.67. The van der Waals surface area contributed by atoms with Gasteiger partial charge in [-0.15, -0.1) is 0 Å². The SMILES string of the molecule is CCNC(C1=COCCC1)c1ccc(Cl)c(Br)c1. The lowest BCUT2D eigenvalue weighted by Crippen LogP contribution is -2.24. The van der Waals surface area contributed by atoms with Crippen LogP contribution >= 0.6 is 27.5 Å². The highest BCUT2D eigenvalue weighted by Gasteiger charge is 2.18. The van der Waals surface area contributed by atoms with Crippen LogP contribution in [0.5, 0.6) is 0 Å². The lowest BCUT2D eigenvalue weighted by Gasteiger charge is -2.24. The molecule has 0 bridgehead atoms. The minimum Gasteiger partial charge on any atom is -0.501 e. The van der Waals surface area contributed by atoms with Crippen LogP contribution in [0.4, 0.5) is 0 Å². The van der Waals surface area contributed by atoms with E-state index < -0.39 is 0 Å². The smallest absolute Gasteiger partial charge is 0.0876 e. The Bertz CT molecular complexity index is 447. The summed E-state index contributed by atoms with van der Waals surface area (Å²) in [6.07, 6.45) is 4.07. The molecule has 4 heteroatoms. The quantitative estimate of drug-likeness (QED) is 0.881. The van der Waals surface area contributed by atoms with Gasteiger partial charge in [-0.1, -0.05) is 24.6 Å². The molecule has 1 aromatic carbocycles. The van der Waals surface area contributed by atoms with Gasteiger partial charge in [0.1, 0.15) is 0 Å². The van der Waals surface area contributed by atoms with Crippen LogP contribution in [0.3, 0.4) is 0 Å². The maximum atomic E-state index is 6.04. The van der Waals surface area contributed by atoms with Crippen LogP contribution in [0.25, 0.3) is 0 Å². The lowest BCUT2D eigenvalue weighted by molar-refractivity contribution is 0.219. The van der Waals surface area contributed by atoms with Gasteiger partial charge in [-0.25, -0.2) is 0 Å². The molecule has 1 aliphatic rings. The van der Waals surface area contributed by atoms with Crippen LogP contribution < -0.4 is 5.32 Å². The lowest BCUT2D eigenvalue weighted by atomic mass is 9.95. The Kier molecular flexibility index (Phi) is 5.10. The summed E-state index contributed by atoms with van der Waals surface area (Å²) in [6, 6.07) is 6.28. The minimum absolute atomic E-state index is 0.212. The zero-order chi connectivity index (χ0) is 13.0. The third kappa shape index (κ3) is 3.28. The summed E-state index contributed by atoms with van der Waals surface area (Å²) in [5.74, 6) is 0. The molecule has 0 amide bonds. The molecule has 1 aromatic rings. The molecule has 0 saturated heterocycles. The normalized spacial score (nSPS) is 16.9. The Morgan fingerprint density at radius 3 is 2.94 bits per heavy atom. The molecule has 2 rings (SSSR count). The Balaban J connectivity index is 2.28. The maximum Gasteiger partial charge on any atom is 0.0876 e. The Hall–Kier alpha value is -0.510. The van der Waals surface area contributed by atoms with Gasteiger partial charge in [0, 0.05) is 4.47 Å². The molecule has 2 nitrogen and oxygen atoms in total. The van der Waals surface area contributed by atoms with Crippen molar-refractivity contribution in [1.82, 2.24) is 5.32 Å². The van der Waals surface area contributed by atoms with Gasteiger partial charge >= 0.3 is 0 Å². The molecular weight excluding hydrogens is 314 g/mol. The van der Waals surface area contributed by atoms with Crippen molar-refractivity contribution in [3.63, 3.8) is 0 Å². The summed E-state index contributed by atoms with van der Waals surface area (Å²) in [5, 5.41) is 4.24. The molecule has 1 heterocycles. The van der Waals surface area contributed by atoms with Gasteiger partial charge < -0.3 is 10.1 Å². The van der Waals surface area contributed by atoms with Crippen molar-refractivity contribution < 1.29 is 4.74 Å². The molecule has 0 aliphatic carbocycles. The van der Waals surface area contributed by atoms with Crippen LogP contribution in [0.1, 0.15) is 31.4 Å². The molecule has 18 heavy (non-hydrogen) atoms. The van der Waals surface area contributed by atoms with Crippen molar-refractivity contribution in [2.24, 2.45) is 0 Å². The van der Waals surface area contributed by atoms with Crippen molar-refractivity contribution in [3.8, 4) is 0 Å². The zero-order valence-electron chi connectivity index (χ0n) is 10.4. The third-order valence-corrected chi connectivity index (χ3v) is 4.23. The average Bonchev–Trinajstić information content (AvgIpc) is 2.40. The molecule has 0 spiro atoms. The molecule has 0 aromatic heterocycles. The van der Waals surface area contributed by atoms with Gasteiger partial charge in [-0.2, -0.15) is 0 Å². The van der Waals surface area contributed by atoms with Crippen molar-refractivity contribution in [2.75, 3.05) is 13.2 Å². The topological polar surface area (TPSA) is 21.3 Å². The van der Waals surface area contributed by atoms with Crippen molar-refractivity contribution in [2.45, 2.75) is 25.8 Å². The van der Waals surface area contributed by atoms with E-state index >= 15 is 0 Å². The standard InChI is InChI=1S/C14H17BrClNO/c1-2-17-14(11-4-3-7-18-9-11)10-5-6-13(16)12(15)8-10/h5-6,8-9,14,17H,2-4,7H2,1H3. The van der Waals surface area contributed by atoms with Crippen LogP contribution in [-0.2, 0) is 4.74 Å². The molecule has 1 aliphatic heterocycles. The predicted molar refractivity (Wildman–Crippen MR) is 78.8 cm³/mol.